The van der Waals surface area contributed by atoms with E-state index < -0.39 is 73.3 Å². The van der Waals surface area contributed by atoms with Crippen LogP contribution in [0.2, 0.25) is 0 Å². The maximum Gasteiger partial charge on any atom is 0.335 e. The number of carboxylic acids is 2. The largest absolute Gasteiger partial charge is 0.479 e. The maximum atomic E-state index is 11.4. The van der Waals surface area contributed by atoms with Crippen LogP contribution in [0, 0.1) is 0 Å². The van der Waals surface area contributed by atoms with E-state index in [2.05, 4.69) is 10.0 Å². The highest BCUT2D eigenvalue weighted by molar-refractivity contribution is 5.74. The highest BCUT2D eigenvalue weighted by atomic mass is 16.7. The Balaban J connectivity index is 2.25. The summed E-state index contributed by atoms with van der Waals surface area (Å²) in [7, 11) is 0. The molecule has 2 rings (SSSR count). The van der Waals surface area contributed by atoms with E-state index in [4.69, 9.17) is 24.8 Å². The third-order valence-electron chi connectivity index (χ3n) is 4.08. The zero-order chi connectivity index (χ0) is 20.5. The fourth-order valence-electron chi connectivity index (χ4n) is 2.67. The topological polar surface area (TPSA) is 252 Å². The molecule has 0 aromatic rings. The van der Waals surface area contributed by atoms with Crippen LogP contribution >= 0.6 is 0 Å². The van der Waals surface area contributed by atoms with E-state index >= 15 is 0 Å². The standard InChI is InChI=1S/C12H17N3O12/c13-15-14-9-4(19)3(18)6(8(25-9)11(23)24)26-12-5(20)1(16)2(17)7(27-12)10(21)22/h1-9,12,16-20H,(H,21,22)(H,23,24)/t1-,2+,3+,4+,5+,6-,7-,8-,9+,12+/m0/s1. The number of nitrogens with zero attached hydrogens (tertiary/aromatic N) is 3. The van der Waals surface area contributed by atoms with Gasteiger partial charge in [-0.1, -0.05) is 5.11 Å². The molecule has 2 saturated heterocycles. The summed E-state index contributed by atoms with van der Waals surface area (Å²) in [6, 6.07) is 0. The molecule has 2 heterocycles. The molecule has 152 valence electrons. The van der Waals surface area contributed by atoms with Gasteiger partial charge in [-0.2, -0.15) is 0 Å². The second kappa shape index (κ2) is 8.30. The molecule has 0 amide bonds. The van der Waals surface area contributed by atoms with Crippen LogP contribution in [0.15, 0.2) is 5.11 Å². The summed E-state index contributed by atoms with van der Waals surface area (Å²) >= 11 is 0. The lowest BCUT2D eigenvalue weighted by Gasteiger charge is -2.44. The fraction of sp³-hybridized carbons (Fsp3) is 0.833. The molecular formula is C12H17N3O12. The van der Waals surface area contributed by atoms with Crippen LogP contribution in [0.3, 0.4) is 0 Å². The van der Waals surface area contributed by atoms with Crippen molar-refractivity contribution in [3.63, 3.8) is 0 Å². The van der Waals surface area contributed by atoms with E-state index in [0.717, 1.165) is 0 Å². The highest BCUT2D eigenvalue weighted by Crippen LogP contribution is 2.29. The predicted molar refractivity (Wildman–Crippen MR) is 76.6 cm³/mol. The molecule has 27 heavy (non-hydrogen) atoms. The summed E-state index contributed by atoms with van der Waals surface area (Å²) in [6.45, 7) is 0. The first kappa shape index (κ1) is 21.2. The SMILES string of the molecule is [N-]=[N+]=N[C@@H]1O[C@H](C(=O)O)[C@@H](O[C@@H]2O[C@H](C(=O)O)[C@H](O)[C@H](O)[C@H]2O)[C@H](O)[C@H]1O. The average molecular weight is 395 g/mol. The van der Waals surface area contributed by atoms with Crippen molar-refractivity contribution in [2.45, 2.75) is 61.3 Å². The molecule has 7 N–H and O–H groups in total. The number of azide groups is 1. The van der Waals surface area contributed by atoms with Gasteiger partial charge >= 0.3 is 11.9 Å². The summed E-state index contributed by atoms with van der Waals surface area (Å²) in [5.74, 6) is -3.41. The second-order valence-electron chi connectivity index (χ2n) is 5.81. The molecule has 0 aliphatic carbocycles. The second-order valence-corrected chi connectivity index (χ2v) is 5.81. The Bertz CT molecular complexity index is 627. The number of ether oxygens (including phenoxy) is 3. The lowest BCUT2D eigenvalue weighted by Crippen LogP contribution is -2.65. The molecule has 0 spiro atoms. The van der Waals surface area contributed by atoms with E-state index in [0.29, 0.717) is 0 Å². The number of aliphatic hydroxyl groups is 5. The predicted octanol–water partition coefficient (Wildman–Crippen LogP) is -3.89. The molecule has 0 saturated carbocycles. The van der Waals surface area contributed by atoms with Crippen LogP contribution in [0.25, 0.3) is 10.4 Å². The van der Waals surface area contributed by atoms with Crippen LogP contribution < -0.4 is 0 Å². The van der Waals surface area contributed by atoms with Gasteiger partial charge in [0.1, 0.15) is 36.6 Å². The molecule has 2 fully saturated rings. The molecule has 0 radical (unpaired) electrons. The van der Waals surface area contributed by atoms with Gasteiger partial charge in [-0.3, -0.25) is 0 Å². The van der Waals surface area contributed by atoms with Crippen molar-refractivity contribution < 1.29 is 59.5 Å². The molecular weight excluding hydrogens is 378 g/mol. The molecule has 2 aliphatic rings. The monoisotopic (exact) mass is 395 g/mol. The minimum absolute atomic E-state index is 1.70. The van der Waals surface area contributed by atoms with Gasteiger partial charge < -0.3 is 50.0 Å². The van der Waals surface area contributed by atoms with Gasteiger partial charge in [-0.05, 0) is 5.53 Å². The number of hydrogen-bond acceptors (Lipinski definition) is 11. The number of hydrogen-bond donors (Lipinski definition) is 7. The first-order valence-electron chi connectivity index (χ1n) is 7.46. The Morgan fingerprint density at radius 2 is 1.44 bits per heavy atom. The fourth-order valence-corrected chi connectivity index (χ4v) is 2.67. The van der Waals surface area contributed by atoms with Gasteiger partial charge in [0.25, 0.3) is 0 Å². The zero-order valence-electron chi connectivity index (χ0n) is 13.3. The third-order valence-corrected chi connectivity index (χ3v) is 4.08. The summed E-state index contributed by atoms with van der Waals surface area (Å²) in [5, 5.41) is 70.4. The van der Waals surface area contributed by atoms with Crippen molar-refractivity contribution in [1.82, 2.24) is 0 Å². The van der Waals surface area contributed by atoms with Crippen LogP contribution in [-0.4, -0.2) is 109 Å². The lowest BCUT2D eigenvalue weighted by atomic mass is 9.96. The van der Waals surface area contributed by atoms with E-state index in [1.54, 1.807) is 0 Å². The zero-order valence-corrected chi connectivity index (χ0v) is 13.3. The quantitative estimate of drug-likeness (QED) is 0.134. The lowest BCUT2D eigenvalue weighted by molar-refractivity contribution is -0.333. The van der Waals surface area contributed by atoms with Crippen LogP contribution in [0.1, 0.15) is 0 Å². The third kappa shape index (κ3) is 4.11. The molecule has 2 aliphatic heterocycles. The first-order chi connectivity index (χ1) is 12.6. The van der Waals surface area contributed by atoms with Crippen molar-refractivity contribution in [2.75, 3.05) is 0 Å². The molecule has 0 aromatic heterocycles. The van der Waals surface area contributed by atoms with Crippen LogP contribution in [0.4, 0.5) is 0 Å². The van der Waals surface area contributed by atoms with Crippen molar-refractivity contribution in [2.24, 2.45) is 5.11 Å². The average Bonchev–Trinajstić information content (AvgIpc) is 2.60. The van der Waals surface area contributed by atoms with E-state index in [-0.39, 0.29) is 0 Å². The van der Waals surface area contributed by atoms with Gasteiger partial charge in [0, 0.05) is 4.91 Å². The molecule has 15 nitrogen and oxygen atoms in total. The molecule has 0 aromatic carbocycles. The van der Waals surface area contributed by atoms with Crippen molar-refractivity contribution in [1.29, 1.82) is 0 Å². The van der Waals surface area contributed by atoms with Crippen LogP contribution in [-0.2, 0) is 23.8 Å². The Hall–Kier alpha value is -2.07. The van der Waals surface area contributed by atoms with Crippen molar-refractivity contribution in [3.05, 3.63) is 10.4 Å². The number of aliphatic hydroxyl groups excluding tert-OH is 5. The van der Waals surface area contributed by atoms with Crippen molar-refractivity contribution >= 4 is 11.9 Å². The smallest absolute Gasteiger partial charge is 0.335 e. The summed E-state index contributed by atoms with van der Waals surface area (Å²) in [5.41, 5.74) is 8.39. The Morgan fingerprint density at radius 3 is 1.96 bits per heavy atom. The Labute approximate surface area is 149 Å². The van der Waals surface area contributed by atoms with Gasteiger partial charge in [-0.15, -0.1) is 0 Å². The van der Waals surface area contributed by atoms with Gasteiger partial charge in [0.15, 0.2) is 24.7 Å². The number of aliphatic carboxylic acids is 2. The Kier molecular flexibility index (Phi) is 6.53. The van der Waals surface area contributed by atoms with E-state index in [1.807, 2.05) is 0 Å². The Morgan fingerprint density at radius 1 is 0.852 bits per heavy atom. The first-order valence-corrected chi connectivity index (χ1v) is 7.46. The summed E-state index contributed by atoms with van der Waals surface area (Å²) < 4.78 is 14.8. The molecule has 10 atom stereocenters. The van der Waals surface area contributed by atoms with E-state index in [9.17, 15) is 40.2 Å². The number of carboxylic acid groups (broad SMARTS) is 2. The highest BCUT2D eigenvalue weighted by Gasteiger charge is 2.53. The summed E-state index contributed by atoms with van der Waals surface area (Å²) in [6.07, 6.45) is -19.7. The van der Waals surface area contributed by atoms with Gasteiger partial charge in [-0.25, -0.2) is 9.59 Å². The van der Waals surface area contributed by atoms with Gasteiger partial charge in [0.2, 0.25) is 0 Å². The molecule has 15 heteroatoms. The van der Waals surface area contributed by atoms with Crippen LogP contribution in [0.5, 0.6) is 0 Å². The number of rotatable bonds is 5. The summed E-state index contributed by atoms with van der Waals surface area (Å²) in [4.78, 5) is 24.8. The molecule has 0 unspecified atom stereocenters. The van der Waals surface area contributed by atoms with Gasteiger partial charge in [0.05, 0.1) is 0 Å². The van der Waals surface area contributed by atoms with E-state index in [1.165, 1.54) is 0 Å². The maximum absolute atomic E-state index is 11.4. The number of carbonyl (C=O) groups is 2. The van der Waals surface area contributed by atoms with Crippen molar-refractivity contribution in [3.8, 4) is 0 Å². The normalized spacial score (nSPS) is 44.9. The molecule has 0 bridgehead atoms. The minimum Gasteiger partial charge on any atom is -0.479 e. The minimum atomic E-state index is -2.03.